The second-order valence-corrected chi connectivity index (χ2v) is 7.82. The summed E-state index contributed by atoms with van der Waals surface area (Å²) in [6.07, 6.45) is 7.03. The molecule has 1 aliphatic carbocycles. The zero-order chi connectivity index (χ0) is 14.0. The minimum Gasteiger partial charge on any atom is -0.381 e. The summed E-state index contributed by atoms with van der Waals surface area (Å²) in [7, 11) is 0. The van der Waals surface area contributed by atoms with Crippen LogP contribution < -0.4 is 5.32 Å². The number of rotatable bonds is 1. The summed E-state index contributed by atoms with van der Waals surface area (Å²) in [5, 5.41) is 3.89. The molecule has 1 N–H and O–H groups in total. The molecule has 1 aromatic carbocycles. The molecule has 112 valence electrons. The molecular weight excluding hydrogens is 256 g/mol. The number of hydrogen-bond acceptors (Lipinski definition) is 2. The van der Waals surface area contributed by atoms with Gasteiger partial charge in [0.2, 0.25) is 0 Å². The average molecular weight is 282 g/mol. The van der Waals surface area contributed by atoms with Gasteiger partial charge in [-0.2, -0.15) is 0 Å². The number of nitrogens with one attached hydrogen (secondary N) is 1. The van der Waals surface area contributed by atoms with Gasteiger partial charge in [-0.15, -0.1) is 0 Å². The van der Waals surface area contributed by atoms with Crippen molar-refractivity contribution < 1.29 is 0 Å². The first-order chi connectivity index (χ1) is 10.3. The Morgan fingerprint density at radius 3 is 3.10 bits per heavy atom. The zero-order valence-electron chi connectivity index (χ0n) is 13.0. The van der Waals surface area contributed by atoms with E-state index < -0.39 is 0 Å². The van der Waals surface area contributed by atoms with E-state index in [-0.39, 0.29) is 0 Å². The van der Waals surface area contributed by atoms with Crippen molar-refractivity contribution in [1.29, 1.82) is 0 Å². The summed E-state index contributed by atoms with van der Waals surface area (Å²) in [6, 6.07) is 10.7. The normalized spacial score (nSPS) is 43.9. The van der Waals surface area contributed by atoms with E-state index in [0.717, 1.165) is 17.9 Å². The number of fused-ring (bicyclic) bond motifs is 1. The van der Waals surface area contributed by atoms with Gasteiger partial charge in [0.05, 0.1) is 0 Å². The van der Waals surface area contributed by atoms with Crippen LogP contribution in [0.1, 0.15) is 44.6 Å². The van der Waals surface area contributed by atoms with Crippen molar-refractivity contribution in [3.05, 3.63) is 29.8 Å². The number of piperidine rings is 1. The van der Waals surface area contributed by atoms with Gasteiger partial charge in [0.15, 0.2) is 0 Å². The van der Waals surface area contributed by atoms with E-state index in [1.807, 2.05) is 0 Å². The molecular formula is C19H26N2. The van der Waals surface area contributed by atoms with Crippen molar-refractivity contribution in [3.63, 3.8) is 0 Å². The molecule has 3 fully saturated rings. The summed E-state index contributed by atoms with van der Waals surface area (Å²) in [5.41, 5.74) is 3.50. The molecule has 3 heterocycles. The largest absolute Gasteiger partial charge is 0.381 e. The van der Waals surface area contributed by atoms with Gasteiger partial charge >= 0.3 is 0 Å². The van der Waals surface area contributed by atoms with E-state index in [1.54, 1.807) is 5.56 Å². The highest BCUT2D eigenvalue weighted by Crippen LogP contribution is 2.59. The second-order valence-electron chi connectivity index (χ2n) is 7.82. The molecule has 0 unspecified atom stereocenters. The minimum absolute atomic E-state index is 0.429. The van der Waals surface area contributed by atoms with E-state index in [2.05, 4.69) is 41.4 Å². The molecule has 2 heteroatoms. The topological polar surface area (TPSA) is 15.3 Å². The number of anilines is 1. The monoisotopic (exact) mass is 282 g/mol. The highest BCUT2D eigenvalue weighted by molar-refractivity contribution is 5.64. The van der Waals surface area contributed by atoms with Gasteiger partial charge in [0.25, 0.3) is 0 Å². The molecule has 2 saturated heterocycles. The lowest BCUT2D eigenvalue weighted by atomic mass is 9.59. The number of nitrogens with zero attached hydrogens (tertiary/aromatic N) is 1. The molecule has 3 aliphatic heterocycles. The van der Waals surface area contributed by atoms with Gasteiger partial charge in [-0.05, 0) is 55.7 Å². The maximum Gasteiger partial charge on any atom is 0.0382 e. The van der Waals surface area contributed by atoms with Crippen LogP contribution in [0.3, 0.4) is 0 Å². The third-order valence-electron chi connectivity index (χ3n) is 7.09. The van der Waals surface area contributed by atoms with Gasteiger partial charge < -0.3 is 5.32 Å². The first-order valence-corrected chi connectivity index (χ1v) is 8.93. The fourth-order valence-electron chi connectivity index (χ4n) is 6.30. The lowest BCUT2D eigenvalue weighted by Gasteiger charge is -2.52. The third-order valence-corrected chi connectivity index (χ3v) is 7.09. The summed E-state index contributed by atoms with van der Waals surface area (Å²) in [6.45, 7) is 5.06. The highest BCUT2D eigenvalue weighted by atomic mass is 15.2. The number of hydrogen-bond donors (Lipinski definition) is 1. The van der Waals surface area contributed by atoms with Gasteiger partial charge in [-0.3, -0.25) is 4.90 Å². The fraction of sp³-hybridized carbons (Fsp3) is 0.684. The fourth-order valence-corrected chi connectivity index (χ4v) is 6.30. The van der Waals surface area contributed by atoms with E-state index >= 15 is 0 Å². The average Bonchev–Trinajstić information content (AvgIpc) is 3.07. The molecule has 0 bridgehead atoms. The Bertz CT molecular complexity index is 568. The van der Waals surface area contributed by atoms with Crippen molar-refractivity contribution in [1.82, 2.24) is 4.90 Å². The predicted octanol–water partition coefficient (Wildman–Crippen LogP) is 3.63. The molecule has 0 aromatic heterocycles. The van der Waals surface area contributed by atoms with Crippen LogP contribution in [0.5, 0.6) is 0 Å². The van der Waals surface area contributed by atoms with Crippen molar-refractivity contribution in [3.8, 4) is 0 Å². The van der Waals surface area contributed by atoms with Crippen molar-refractivity contribution in [2.75, 3.05) is 18.4 Å². The maximum atomic E-state index is 3.89. The molecule has 5 atom stereocenters. The van der Waals surface area contributed by atoms with Crippen LogP contribution in [0.15, 0.2) is 24.3 Å². The summed E-state index contributed by atoms with van der Waals surface area (Å²) in [5.74, 6) is 1.89. The Morgan fingerprint density at radius 1 is 1.29 bits per heavy atom. The van der Waals surface area contributed by atoms with Crippen LogP contribution in [0.2, 0.25) is 0 Å². The van der Waals surface area contributed by atoms with Crippen molar-refractivity contribution >= 4 is 5.69 Å². The lowest BCUT2D eigenvalue weighted by molar-refractivity contribution is 0.0248. The summed E-state index contributed by atoms with van der Waals surface area (Å²) < 4.78 is 0. The Balaban J connectivity index is 1.62. The van der Waals surface area contributed by atoms with E-state index in [1.165, 1.54) is 50.9 Å². The van der Waals surface area contributed by atoms with Gasteiger partial charge in [0, 0.05) is 29.7 Å². The lowest BCUT2D eigenvalue weighted by Crippen LogP contribution is -2.59. The molecule has 21 heavy (non-hydrogen) atoms. The Morgan fingerprint density at radius 2 is 2.19 bits per heavy atom. The highest BCUT2D eigenvalue weighted by Gasteiger charge is 2.62. The van der Waals surface area contributed by atoms with Crippen LogP contribution >= 0.6 is 0 Å². The number of benzene rings is 1. The maximum absolute atomic E-state index is 3.89. The molecule has 1 spiro atoms. The Kier molecular flexibility index (Phi) is 2.54. The number of para-hydroxylation sites is 1. The van der Waals surface area contributed by atoms with Crippen LogP contribution in [-0.2, 0) is 5.41 Å². The Hall–Kier alpha value is -1.02. The second kappa shape index (κ2) is 4.25. The molecule has 2 nitrogen and oxygen atoms in total. The molecule has 1 saturated carbocycles. The van der Waals surface area contributed by atoms with Gasteiger partial charge in [-0.1, -0.05) is 31.5 Å². The van der Waals surface area contributed by atoms with Crippen molar-refractivity contribution in [2.24, 2.45) is 11.8 Å². The minimum atomic E-state index is 0.429. The predicted molar refractivity (Wildman–Crippen MR) is 86.6 cm³/mol. The molecule has 4 aliphatic rings. The molecule has 1 aromatic rings. The Labute approximate surface area is 127 Å². The van der Waals surface area contributed by atoms with Crippen LogP contribution in [0.25, 0.3) is 0 Å². The molecule has 5 rings (SSSR count). The molecule has 0 amide bonds. The van der Waals surface area contributed by atoms with Crippen molar-refractivity contribution in [2.45, 2.75) is 56.5 Å². The quantitative estimate of drug-likeness (QED) is 0.846. The first-order valence-electron chi connectivity index (χ1n) is 8.93. The van der Waals surface area contributed by atoms with Crippen LogP contribution in [0.4, 0.5) is 5.69 Å². The standard InChI is InChI=1S/C19H26N2/c1-2-13-11-14-7-8-17-19(9-10-21(12-13)18(14)19)15-5-3-4-6-16(15)20-17/h3-6,13-14,17-18,20H,2,7-12H2,1H3/t13-,14-,17-,18-,19-/m1/s1. The SMILES string of the molecule is CC[C@@H]1C[C@H]2CC[C@H]3Nc4ccccc4[C@]34CCN(C1)[C@H]24. The summed E-state index contributed by atoms with van der Waals surface area (Å²) in [4.78, 5) is 2.87. The van der Waals surface area contributed by atoms with E-state index in [9.17, 15) is 0 Å². The van der Waals surface area contributed by atoms with Crippen LogP contribution in [-0.4, -0.2) is 30.1 Å². The first kappa shape index (κ1) is 12.5. The van der Waals surface area contributed by atoms with E-state index in [0.29, 0.717) is 11.5 Å². The smallest absolute Gasteiger partial charge is 0.0382 e. The summed E-state index contributed by atoms with van der Waals surface area (Å²) >= 11 is 0. The van der Waals surface area contributed by atoms with E-state index in [4.69, 9.17) is 0 Å². The van der Waals surface area contributed by atoms with Crippen LogP contribution in [0, 0.1) is 11.8 Å². The zero-order valence-corrected chi connectivity index (χ0v) is 13.0. The van der Waals surface area contributed by atoms with Gasteiger partial charge in [0.1, 0.15) is 0 Å². The van der Waals surface area contributed by atoms with Gasteiger partial charge in [-0.25, -0.2) is 0 Å². The molecule has 0 radical (unpaired) electrons. The third kappa shape index (κ3) is 1.47.